The van der Waals surface area contributed by atoms with Gasteiger partial charge >= 0.3 is 0 Å². The summed E-state index contributed by atoms with van der Waals surface area (Å²) in [6.45, 7) is 4.02. The van der Waals surface area contributed by atoms with E-state index in [9.17, 15) is 0 Å². The molecule has 2 aromatic heterocycles. The maximum Gasteiger partial charge on any atom is 0.181 e. The molecular formula is C11H15ClN4S2. The van der Waals surface area contributed by atoms with Crippen LogP contribution < -0.4 is 5.73 Å². The Balaban J connectivity index is 2.15. The first-order chi connectivity index (χ1) is 8.52. The van der Waals surface area contributed by atoms with Crippen LogP contribution >= 0.6 is 34.7 Å². The first-order valence-corrected chi connectivity index (χ1v) is 7.76. The molecular weight excluding hydrogens is 288 g/mol. The largest absolute Gasteiger partial charge is 0.375 e. The average molecular weight is 303 g/mol. The molecule has 0 saturated heterocycles. The Morgan fingerprint density at radius 3 is 2.72 bits per heavy atom. The standard InChI is InChI=1S/C11H15ClN4S2/c1-4-7-9(12)8(16(3)15-7)5-17-10-6(2)14-11(13)18-10/h4-5H2,1-3H3,(H2,13,14). The second-order valence-corrected chi connectivity index (χ2v) is 6.55. The van der Waals surface area contributed by atoms with Crippen molar-refractivity contribution in [3.05, 3.63) is 22.1 Å². The van der Waals surface area contributed by atoms with Gasteiger partial charge in [-0.3, -0.25) is 4.68 Å². The Bertz CT molecular complexity index is 562. The lowest BCUT2D eigenvalue weighted by Crippen LogP contribution is -1.96. The van der Waals surface area contributed by atoms with Crippen LogP contribution in [-0.4, -0.2) is 14.8 Å². The number of halogens is 1. The highest BCUT2D eigenvalue weighted by molar-refractivity contribution is 8.00. The van der Waals surface area contributed by atoms with Crippen molar-refractivity contribution in [1.29, 1.82) is 0 Å². The summed E-state index contributed by atoms with van der Waals surface area (Å²) in [5.74, 6) is 0.783. The predicted molar refractivity (Wildman–Crippen MR) is 78.4 cm³/mol. The molecule has 7 heteroatoms. The van der Waals surface area contributed by atoms with Crippen LogP contribution in [0.4, 0.5) is 5.13 Å². The van der Waals surface area contributed by atoms with Crippen molar-refractivity contribution in [3.8, 4) is 0 Å². The Morgan fingerprint density at radius 2 is 2.22 bits per heavy atom. The third-order valence-corrected chi connectivity index (χ3v) is 5.41. The molecule has 18 heavy (non-hydrogen) atoms. The molecule has 0 fully saturated rings. The predicted octanol–water partition coefficient (Wildman–Crippen LogP) is 3.28. The fourth-order valence-corrected chi connectivity index (χ4v) is 4.17. The van der Waals surface area contributed by atoms with Gasteiger partial charge in [-0.2, -0.15) is 5.10 Å². The summed E-state index contributed by atoms with van der Waals surface area (Å²) in [4.78, 5) is 4.21. The number of nitrogens with zero attached hydrogens (tertiary/aromatic N) is 3. The highest BCUT2D eigenvalue weighted by Crippen LogP contribution is 2.34. The molecule has 0 aliphatic carbocycles. The Kier molecular flexibility index (Phi) is 4.19. The number of aryl methyl sites for hydroxylation is 3. The third kappa shape index (κ3) is 2.65. The lowest BCUT2D eigenvalue weighted by molar-refractivity contribution is 0.720. The monoisotopic (exact) mass is 302 g/mol. The van der Waals surface area contributed by atoms with Crippen LogP contribution in [0.15, 0.2) is 4.21 Å². The summed E-state index contributed by atoms with van der Waals surface area (Å²) in [6, 6.07) is 0. The molecule has 0 aromatic carbocycles. The van der Waals surface area contributed by atoms with E-state index in [1.54, 1.807) is 11.8 Å². The van der Waals surface area contributed by atoms with Gasteiger partial charge in [0.2, 0.25) is 0 Å². The van der Waals surface area contributed by atoms with Crippen molar-refractivity contribution in [2.45, 2.75) is 30.2 Å². The van der Waals surface area contributed by atoms with Gasteiger partial charge in [0.05, 0.1) is 26.3 Å². The van der Waals surface area contributed by atoms with E-state index < -0.39 is 0 Å². The van der Waals surface area contributed by atoms with E-state index in [0.717, 1.165) is 38.5 Å². The molecule has 0 atom stereocenters. The van der Waals surface area contributed by atoms with E-state index >= 15 is 0 Å². The molecule has 0 unspecified atom stereocenters. The molecule has 2 aromatic rings. The van der Waals surface area contributed by atoms with Gasteiger partial charge in [-0.05, 0) is 13.3 Å². The molecule has 0 saturated carbocycles. The molecule has 2 N–H and O–H groups in total. The zero-order chi connectivity index (χ0) is 13.3. The number of aromatic nitrogens is 3. The highest BCUT2D eigenvalue weighted by atomic mass is 35.5. The smallest absolute Gasteiger partial charge is 0.181 e. The van der Waals surface area contributed by atoms with Gasteiger partial charge in [-0.1, -0.05) is 29.9 Å². The summed E-state index contributed by atoms with van der Waals surface area (Å²) >= 11 is 9.53. The zero-order valence-corrected chi connectivity index (χ0v) is 12.9. The van der Waals surface area contributed by atoms with Crippen LogP contribution in [0.5, 0.6) is 0 Å². The molecule has 0 amide bonds. The molecule has 2 rings (SSSR count). The average Bonchev–Trinajstić information content (AvgIpc) is 2.77. The number of thioether (sulfide) groups is 1. The van der Waals surface area contributed by atoms with Gasteiger partial charge in [0.15, 0.2) is 5.13 Å². The Morgan fingerprint density at radius 1 is 1.50 bits per heavy atom. The van der Waals surface area contributed by atoms with E-state index in [1.165, 1.54) is 11.3 Å². The van der Waals surface area contributed by atoms with Crippen LogP contribution in [0.3, 0.4) is 0 Å². The molecule has 98 valence electrons. The van der Waals surface area contributed by atoms with Gasteiger partial charge in [-0.15, -0.1) is 11.8 Å². The lowest BCUT2D eigenvalue weighted by atomic mass is 10.3. The van der Waals surface area contributed by atoms with Crippen molar-refractivity contribution < 1.29 is 0 Å². The minimum Gasteiger partial charge on any atom is -0.375 e. The Labute approximate surface area is 120 Å². The number of thiazole rings is 1. The summed E-state index contributed by atoms with van der Waals surface area (Å²) in [5, 5.41) is 5.79. The van der Waals surface area contributed by atoms with Gasteiger partial charge in [0.25, 0.3) is 0 Å². The summed E-state index contributed by atoms with van der Waals surface area (Å²) in [6.07, 6.45) is 0.851. The van der Waals surface area contributed by atoms with Gasteiger partial charge in [0, 0.05) is 12.8 Å². The number of hydrogen-bond acceptors (Lipinski definition) is 5. The van der Waals surface area contributed by atoms with Gasteiger partial charge in [-0.25, -0.2) is 4.98 Å². The summed E-state index contributed by atoms with van der Waals surface area (Å²) < 4.78 is 3.00. The van der Waals surface area contributed by atoms with Gasteiger partial charge in [0.1, 0.15) is 0 Å². The topological polar surface area (TPSA) is 56.7 Å². The molecule has 0 radical (unpaired) electrons. The number of nitrogen functional groups attached to an aromatic ring is 1. The zero-order valence-electron chi connectivity index (χ0n) is 10.5. The van der Waals surface area contributed by atoms with E-state index in [1.807, 2.05) is 18.7 Å². The van der Waals surface area contributed by atoms with Crippen molar-refractivity contribution in [1.82, 2.24) is 14.8 Å². The van der Waals surface area contributed by atoms with Gasteiger partial charge < -0.3 is 5.73 Å². The van der Waals surface area contributed by atoms with Crippen LogP contribution in [-0.2, 0) is 19.2 Å². The van der Waals surface area contributed by atoms with Crippen molar-refractivity contribution in [2.24, 2.45) is 7.05 Å². The molecule has 0 bridgehead atoms. The number of nitrogens with two attached hydrogens (primary N) is 1. The lowest BCUT2D eigenvalue weighted by Gasteiger charge is -2.01. The van der Waals surface area contributed by atoms with E-state index in [4.69, 9.17) is 17.3 Å². The van der Waals surface area contributed by atoms with Crippen molar-refractivity contribution in [3.63, 3.8) is 0 Å². The fourth-order valence-electron chi connectivity index (χ4n) is 1.65. The molecule has 0 spiro atoms. The second kappa shape index (κ2) is 5.50. The second-order valence-electron chi connectivity index (χ2n) is 3.90. The minimum absolute atomic E-state index is 0.611. The molecule has 2 heterocycles. The molecule has 0 aliphatic heterocycles. The number of anilines is 1. The quantitative estimate of drug-likeness (QED) is 0.881. The Hall–Kier alpha value is -0.720. The molecule has 0 aliphatic rings. The summed E-state index contributed by atoms with van der Waals surface area (Å²) in [7, 11) is 1.93. The molecule has 4 nitrogen and oxygen atoms in total. The minimum atomic E-state index is 0.611. The van der Waals surface area contributed by atoms with Crippen molar-refractivity contribution >= 4 is 39.8 Å². The van der Waals surface area contributed by atoms with Crippen LogP contribution in [0.1, 0.15) is 24.0 Å². The normalized spacial score (nSPS) is 11.1. The number of hydrogen-bond donors (Lipinski definition) is 1. The van der Waals surface area contributed by atoms with Crippen LogP contribution in [0.25, 0.3) is 0 Å². The van der Waals surface area contributed by atoms with E-state index in [-0.39, 0.29) is 0 Å². The third-order valence-electron chi connectivity index (χ3n) is 2.61. The first-order valence-electron chi connectivity index (χ1n) is 5.58. The number of rotatable bonds is 4. The van der Waals surface area contributed by atoms with Crippen LogP contribution in [0, 0.1) is 6.92 Å². The van der Waals surface area contributed by atoms with E-state index in [2.05, 4.69) is 17.0 Å². The van der Waals surface area contributed by atoms with Crippen molar-refractivity contribution in [2.75, 3.05) is 5.73 Å². The first kappa shape index (κ1) is 13.7. The highest BCUT2D eigenvalue weighted by Gasteiger charge is 2.14. The van der Waals surface area contributed by atoms with Crippen LogP contribution in [0.2, 0.25) is 5.02 Å². The maximum absolute atomic E-state index is 6.31. The summed E-state index contributed by atoms with van der Waals surface area (Å²) in [5.41, 5.74) is 8.67. The fraction of sp³-hybridized carbons (Fsp3) is 0.455. The van der Waals surface area contributed by atoms with E-state index in [0.29, 0.717) is 5.13 Å². The maximum atomic E-state index is 6.31. The SMILES string of the molecule is CCc1nn(C)c(CSc2sc(N)nc2C)c1Cl.